The molecule has 0 aromatic rings. The van der Waals surface area contributed by atoms with Gasteiger partial charge in [-0.1, -0.05) is 13.0 Å². The van der Waals surface area contributed by atoms with E-state index in [9.17, 15) is 0 Å². The summed E-state index contributed by atoms with van der Waals surface area (Å²) in [5, 5.41) is 12.1. The lowest BCUT2D eigenvalue weighted by Gasteiger charge is -2.29. The van der Waals surface area contributed by atoms with Crippen molar-refractivity contribution in [3.05, 3.63) is 12.7 Å². The van der Waals surface area contributed by atoms with Crippen molar-refractivity contribution in [1.29, 1.82) is 0 Å². The Labute approximate surface area is 108 Å². The number of hydrogen-bond acceptors (Lipinski definition) is 5. The number of hydrogen-bond donors (Lipinski definition) is 1. The first-order chi connectivity index (χ1) is 8.72. The predicted molar refractivity (Wildman–Crippen MR) is 68.9 cm³/mol. The topological polar surface area (TPSA) is 60.3 Å². The molecule has 0 bridgehead atoms. The van der Waals surface area contributed by atoms with Gasteiger partial charge in [0.2, 0.25) is 0 Å². The molecule has 104 valence electrons. The number of oxime groups is 1. The molecule has 0 aromatic heterocycles. The highest BCUT2D eigenvalue weighted by Gasteiger charge is 2.46. The molecular weight excluding hydrogens is 234 g/mol. The highest BCUT2D eigenvalue weighted by Crippen LogP contribution is 2.43. The summed E-state index contributed by atoms with van der Waals surface area (Å²) in [6.07, 6.45) is 5.75. The van der Waals surface area contributed by atoms with E-state index in [1.165, 1.54) is 0 Å². The molecule has 5 nitrogen and oxygen atoms in total. The van der Waals surface area contributed by atoms with Gasteiger partial charge in [0.15, 0.2) is 0 Å². The smallest absolute Gasteiger partial charge is 0.146 e. The van der Waals surface area contributed by atoms with E-state index < -0.39 is 0 Å². The Morgan fingerprint density at radius 1 is 1.50 bits per heavy atom. The van der Waals surface area contributed by atoms with Crippen molar-refractivity contribution in [2.75, 3.05) is 20.5 Å². The molecule has 0 unspecified atom stereocenters. The molecule has 0 saturated heterocycles. The summed E-state index contributed by atoms with van der Waals surface area (Å²) in [5.74, 6) is 0. The van der Waals surface area contributed by atoms with Crippen molar-refractivity contribution in [1.82, 2.24) is 0 Å². The zero-order valence-corrected chi connectivity index (χ0v) is 11.2. The Hall–Kier alpha value is -0.910. The number of ether oxygens (including phenoxy) is 3. The fraction of sp³-hybridized carbons (Fsp3) is 0.769. The van der Waals surface area contributed by atoms with Gasteiger partial charge in [0.1, 0.15) is 6.79 Å². The van der Waals surface area contributed by atoms with Crippen LogP contribution in [0.2, 0.25) is 0 Å². The van der Waals surface area contributed by atoms with Crippen LogP contribution in [0.15, 0.2) is 17.8 Å². The van der Waals surface area contributed by atoms with Gasteiger partial charge >= 0.3 is 0 Å². The summed E-state index contributed by atoms with van der Waals surface area (Å²) in [4.78, 5) is 0. The van der Waals surface area contributed by atoms with Crippen LogP contribution in [0.25, 0.3) is 0 Å². The molecule has 1 saturated carbocycles. The van der Waals surface area contributed by atoms with Gasteiger partial charge in [0, 0.05) is 18.9 Å². The van der Waals surface area contributed by atoms with Gasteiger partial charge < -0.3 is 19.4 Å². The van der Waals surface area contributed by atoms with E-state index in [0.29, 0.717) is 6.61 Å². The largest absolute Gasteiger partial charge is 0.411 e. The molecule has 1 fully saturated rings. The molecular formula is C13H23NO4. The zero-order valence-electron chi connectivity index (χ0n) is 11.2. The van der Waals surface area contributed by atoms with Crippen molar-refractivity contribution in [2.24, 2.45) is 10.6 Å². The first-order valence-electron chi connectivity index (χ1n) is 6.24. The predicted octanol–water partition coefficient (Wildman–Crippen LogP) is 2.20. The van der Waals surface area contributed by atoms with Crippen LogP contribution in [0.3, 0.4) is 0 Å². The molecule has 5 heteroatoms. The molecule has 0 aromatic carbocycles. The van der Waals surface area contributed by atoms with Crippen LogP contribution in [0, 0.1) is 5.41 Å². The lowest BCUT2D eigenvalue weighted by atomic mass is 9.82. The van der Waals surface area contributed by atoms with Crippen molar-refractivity contribution in [2.45, 2.75) is 38.4 Å². The van der Waals surface area contributed by atoms with E-state index in [1.807, 2.05) is 0 Å². The Morgan fingerprint density at radius 3 is 2.83 bits per heavy atom. The fourth-order valence-electron chi connectivity index (χ4n) is 2.54. The van der Waals surface area contributed by atoms with E-state index in [0.717, 1.165) is 19.3 Å². The summed E-state index contributed by atoms with van der Waals surface area (Å²) < 4.78 is 16.3. The summed E-state index contributed by atoms with van der Waals surface area (Å²) in [6.45, 7) is 6.46. The molecule has 0 spiro atoms. The van der Waals surface area contributed by atoms with E-state index in [1.54, 1.807) is 19.4 Å². The normalized spacial score (nSPS) is 32.1. The van der Waals surface area contributed by atoms with E-state index in [2.05, 4.69) is 18.7 Å². The second-order valence-electron chi connectivity index (χ2n) is 4.58. The highest BCUT2D eigenvalue weighted by atomic mass is 16.7. The van der Waals surface area contributed by atoms with Crippen LogP contribution in [-0.4, -0.2) is 44.1 Å². The van der Waals surface area contributed by atoms with Crippen LogP contribution in [0.4, 0.5) is 0 Å². The Morgan fingerprint density at radius 2 is 2.28 bits per heavy atom. The van der Waals surface area contributed by atoms with Gasteiger partial charge in [-0.2, -0.15) is 0 Å². The van der Waals surface area contributed by atoms with Crippen LogP contribution < -0.4 is 0 Å². The van der Waals surface area contributed by atoms with Crippen LogP contribution in [-0.2, 0) is 14.2 Å². The van der Waals surface area contributed by atoms with E-state index >= 15 is 0 Å². The molecule has 0 amide bonds. The highest BCUT2D eigenvalue weighted by molar-refractivity contribution is 5.67. The standard InChI is InChI=1S/C13H23NO4/c1-4-6-17-11-7-12(18-10-16-3)13(5-2,8-11)9-14-15/h4,9,11-12,15H,1,5-8,10H2,2-3H3/b14-9-/t11-,12-,13-/m0/s1. The third kappa shape index (κ3) is 3.54. The van der Waals surface area contributed by atoms with E-state index in [4.69, 9.17) is 19.4 Å². The maximum absolute atomic E-state index is 8.85. The van der Waals surface area contributed by atoms with Crippen molar-refractivity contribution in [3.8, 4) is 0 Å². The molecule has 0 aliphatic heterocycles. The third-order valence-corrected chi connectivity index (χ3v) is 3.54. The first kappa shape index (κ1) is 15.1. The molecule has 1 aliphatic carbocycles. The second-order valence-corrected chi connectivity index (χ2v) is 4.58. The summed E-state index contributed by atoms with van der Waals surface area (Å²) >= 11 is 0. The molecule has 18 heavy (non-hydrogen) atoms. The van der Waals surface area contributed by atoms with Gasteiger partial charge in [0.05, 0.1) is 25.0 Å². The van der Waals surface area contributed by atoms with Gasteiger partial charge in [-0.25, -0.2) is 0 Å². The first-order valence-corrected chi connectivity index (χ1v) is 6.24. The average molecular weight is 257 g/mol. The third-order valence-electron chi connectivity index (χ3n) is 3.54. The monoisotopic (exact) mass is 257 g/mol. The van der Waals surface area contributed by atoms with Crippen molar-refractivity contribution >= 4 is 6.21 Å². The summed E-state index contributed by atoms with van der Waals surface area (Å²) in [6, 6.07) is 0. The quantitative estimate of drug-likeness (QED) is 0.238. The Balaban J connectivity index is 2.72. The minimum Gasteiger partial charge on any atom is -0.411 e. The molecule has 1 aliphatic rings. The maximum atomic E-state index is 8.85. The van der Waals surface area contributed by atoms with Crippen LogP contribution in [0.5, 0.6) is 0 Å². The van der Waals surface area contributed by atoms with Gasteiger partial charge in [0.25, 0.3) is 0 Å². The molecule has 0 heterocycles. The number of rotatable bonds is 8. The van der Waals surface area contributed by atoms with Gasteiger partial charge in [-0.15, -0.1) is 11.7 Å². The number of methoxy groups -OCH3 is 1. The van der Waals surface area contributed by atoms with E-state index in [-0.39, 0.29) is 24.4 Å². The minimum absolute atomic E-state index is 0.0480. The SMILES string of the molecule is C=CCO[C@H]1C[C@H](OCOC)[C@@](/C=N\O)(CC)C1. The molecule has 1 N–H and O–H groups in total. The lowest BCUT2D eigenvalue weighted by Crippen LogP contribution is -2.33. The molecule has 3 atom stereocenters. The Kier molecular flexibility index (Phi) is 6.32. The number of nitrogens with zero attached hydrogens (tertiary/aromatic N) is 1. The van der Waals surface area contributed by atoms with Crippen molar-refractivity contribution < 1.29 is 19.4 Å². The minimum atomic E-state index is -0.279. The zero-order chi connectivity index (χ0) is 13.4. The summed E-state index contributed by atoms with van der Waals surface area (Å²) in [5.41, 5.74) is -0.279. The van der Waals surface area contributed by atoms with Gasteiger partial charge in [-0.05, 0) is 12.8 Å². The molecule has 1 rings (SSSR count). The summed E-state index contributed by atoms with van der Waals surface area (Å²) in [7, 11) is 1.59. The fourth-order valence-corrected chi connectivity index (χ4v) is 2.54. The maximum Gasteiger partial charge on any atom is 0.146 e. The van der Waals surface area contributed by atoms with Crippen LogP contribution in [0.1, 0.15) is 26.2 Å². The lowest BCUT2D eigenvalue weighted by molar-refractivity contribution is -0.0951. The Bertz CT molecular complexity index is 282. The van der Waals surface area contributed by atoms with Crippen LogP contribution >= 0.6 is 0 Å². The molecule has 0 radical (unpaired) electrons. The average Bonchev–Trinajstić information content (AvgIpc) is 2.73. The second kappa shape index (κ2) is 7.51. The van der Waals surface area contributed by atoms with Crippen molar-refractivity contribution in [3.63, 3.8) is 0 Å². The van der Waals surface area contributed by atoms with Gasteiger partial charge in [-0.3, -0.25) is 0 Å².